The molecule has 0 saturated carbocycles. The van der Waals surface area contributed by atoms with Crippen molar-refractivity contribution in [3.63, 3.8) is 0 Å². The summed E-state index contributed by atoms with van der Waals surface area (Å²) in [6, 6.07) is 19.6. The lowest BCUT2D eigenvalue weighted by Crippen LogP contribution is -2.51. The Morgan fingerprint density at radius 1 is 0.891 bits per heavy atom. The Morgan fingerprint density at radius 2 is 1.57 bits per heavy atom. The molecule has 2 unspecified atom stereocenters. The van der Waals surface area contributed by atoms with Crippen LogP contribution in [0.5, 0.6) is 0 Å². The highest BCUT2D eigenvalue weighted by atomic mass is 35.5. The van der Waals surface area contributed by atoms with Crippen LogP contribution in [0.15, 0.2) is 54.6 Å². The van der Waals surface area contributed by atoms with Gasteiger partial charge in [-0.25, -0.2) is 0 Å². The summed E-state index contributed by atoms with van der Waals surface area (Å²) in [5.74, 6) is 0.218. The second-order valence-corrected chi connectivity index (χ2v) is 14.1. The Bertz CT molecular complexity index is 1590. The van der Waals surface area contributed by atoms with Crippen LogP contribution in [-0.4, -0.2) is 71.8 Å². The van der Waals surface area contributed by atoms with Gasteiger partial charge in [0, 0.05) is 67.9 Å². The van der Waals surface area contributed by atoms with E-state index < -0.39 is 0 Å². The predicted molar refractivity (Wildman–Crippen MR) is 185 cm³/mol. The molecule has 3 aliphatic heterocycles. The molecule has 0 spiro atoms. The van der Waals surface area contributed by atoms with E-state index in [0.29, 0.717) is 56.0 Å². The van der Waals surface area contributed by atoms with Gasteiger partial charge >= 0.3 is 0 Å². The number of aryl methyl sites for hydroxylation is 2. The van der Waals surface area contributed by atoms with E-state index in [0.717, 1.165) is 60.8 Å². The number of hydrogen-bond donors (Lipinski definition) is 1. The number of carbonyl (C=O) groups excluding carboxylic acids is 3. The fourth-order valence-electron chi connectivity index (χ4n) is 8.06. The van der Waals surface area contributed by atoms with Crippen molar-refractivity contribution < 1.29 is 14.4 Å². The number of fused-ring (bicyclic) bond motifs is 3. The molecular weight excluding hydrogens is 596 g/mol. The van der Waals surface area contributed by atoms with Gasteiger partial charge in [-0.3, -0.25) is 19.3 Å². The van der Waals surface area contributed by atoms with Crippen LogP contribution in [0.4, 0.5) is 5.69 Å². The Morgan fingerprint density at radius 3 is 2.24 bits per heavy atom. The Hall–Kier alpha value is -3.42. The van der Waals surface area contributed by atoms with Gasteiger partial charge in [-0.15, -0.1) is 0 Å². The number of piperidine rings is 2. The normalized spacial score (nSPS) is 21.8. The van der Waals surface area contributed by atoms with Crippen molar-refractivity contribution in [3.8, 4) is 0 Å². The van der Waals surface area contributed by atoms with E-state index in [-0.39, 0.29) is 29.7 Å². The van der Waals surface area contributed by atoms with E-state index in [1.807, 2.05) is 41.0 Å². The smallest absolute Gasteiger partial charge is 0.230 e. The number of amides is 3. The number of anilines is 1. The van der Waals surface area contributed by atoms with Gasteiger partial charge in [0.15, 0.2) is 0 Å². The van der Waals surface area contributed by atoms with Crippen molar-refractivity contribution in [2.75, 3.05) is 31.1 Å². The molecule has 3 heterocycles. The third-order valence-corrected chi connectivity index (χ3v) is 11.1. The molecule has 3 aliphatic rings. The average Bonchev–Trinajstić information content (AvgIpc) is 3.28. The molecule has 0 aromatic heterocycles. The van der Waals surface area contributed by atoms with Gasteiger partial charge in [0.25, 0.3) is 0 Å². The zero-order valence-corrected chi connectivity index (χ0v) is 28.2. The first-order valence-corrected chi connectivity index (χ1v) is 17.4. The standard InChI is InChI=1S/C38H47ClN4O3/c1-25-9-11-29(35-8-5-4-7-34(25)35)21-37(45)40-30-22-31-13-14-32(23-30)42(31)17-6-18-43(33-12-10-26(2)36(39)24-33)38(46)28-15-19-41(20-16-28)27(3)44/h4-5,7-12,24,28,30-32H,6,13-23H2,1-3H3,(H,40,45). The van der Waals surface area contributed by atoms with Crippen LogP contribution in [0.3, 0.4) is 0 Å². The number of halogens is 1. The Balaban J connectivity index is 1.05. The molecule has 46 heavy (non-hydrogen) atoms. The van der Waals surface area contributed by atoms with Crippen molar-refractivity contribution >= 4 is 45.8 Å². The fourth-order valence-corrected chi connectivity index (χ4v) is 8.24. The minimum Gasteiger partial charge on any atom is -0.353 e. The first kappa shape index (κ1) is 32.5. The summed E-state index contributed by atoms with van der Waals surface area (Å²) in [7, 11) is 0. The van der Waals surface area contributed by atoms with Crippen LogP contribution < -0.4 is 10.2 Å². The highest BCUT2D eigenvalue weighted by Crippen LogP contribution is 2.36. The summed E-state index contributed by atoms with van der Waals surface area (Å²) in [5, 5.41) is 6.42. The molecule has 3 fully saturated rings. The lowest BCUT2D eigenvalue weighted by atomic mass is 9.94. The molecule has 0 aliphatic carbocycles. The minimum absolute atomic E-state index is 0.0749. The van der Waals surface area contributed by atoms with Crippen molar-refractivity contribution in [1.29, 1.82) is 0 Å². The third kappa shape index (κ3) is 7.11. The zero-order chi connectivity index (χ0) is 32.4. The van der Waals surface area contributed by atoms with Crippen LogP contribution in [0, 0.1) is 19.8 Å². The van der Waals surface area contributed by atoms with Crippen LogP contribution in [0.25, 0.3) is 10.8 Å². The van der Waals surface area contributed by atoms with Gasteiger partial charge in [0.2, 0.25) is 17.7 Å². The number of nitrogens with zero attached hydrogens (tertiary/aromatic N) is 3. The van der Waals surface area contributed by atoms with Crippen LogP contribution in [0.1, 0.15) is 68.6 Å². The molecule has 2 atom stereocenters. The van der Waals surface area contributed by atoms with E-state index in [1.54, 1.807) is 6.92 Å². The molecule has 3 amide bonds. The molecule has 3 aromatic rings. The van der Waals surface area contributed by atoms with E-state index in [1.165, 1.54) is 10.9 Å². The molecule has 0 radical (unpaired) electrons. The molecule has 3 aromatic carbocycles. The van der Waals surface area contributed by atoms with E-state index in [2.05, 4.69) is 47.5 Å². The number of likely N-dealkylation sites (tertiary alicyclic amines) is 1. The first-order valence-electron chi connectivity index (χ1n) is 17.0. The van der Waals surface area contributed by atoms with E-state index in [9.17, 15) is 14.4 Å². The summed E-state index contributed by atoms with van der Waals surface area (Å²) in [6.07, 6.45) is 6.92. The van der Waals surface area contributed by atoms with Crippen LogP contribution >= 0.6 is 11.6 Å². The number of carbonyl (C=O) groups is 3. The topological polar surface area (TPSA) is 73.0 Å². The van der Waals surface area contributed by atoms with E-state index in [4.69, 9.17) is 11.6 Å². The van der Waals surface area contributed by atoms with Gasteiger partial charge in [0.1, 0.15) is 0 Å². The number of nitrogens with one attached hydrogen (secondary N) is 1. The molecule has 6 rings (SSSR count). The quantitative estimate of drug-likeness (QED) is 0.291. The maximum atomic E-state index is 13.9. The third-order valence-electron chi connectivity index (χ3n) is 10.7. The summed E-state index contributed by atoms with van der Waals surface area (Å²) in [4.78, 5) is 45.3. The number of benzene rings is 3. The van der Waals surface area contributed by atoms with Gasteiger partial charge in [-0.1, -0.05) is 54.1 Å². The SMILES string of the molecule is CC(=O)N1CCC(C(=O)N(CCCN2C3CCC2CC(NC(=O)Cc2ccc(C)c4ccccc24)C3)c2ccc(C)c(Cl)c2)CC1. The maximum absolute atomic E-state index is 13.9. The average molecular weight is 643 g/mol. The van der Waals surface area contributed by atoms with Gasteiger partial charge < -0.3 is 15.1 Å². The highest BCUT2D eigenvalue weighted by molar-refractivity contribution is 6.31. The highest BCUT2D eigenvalue weighted by Gasteiger charge is 2.41. The summed E-state index contributed by atoms with van der Waals surface area (Å²) in [5.41, 5.74) is 4.15. The Labute approximate surface area is 278 Å². The van der Waals surface area contributed by atoms with E-state index >= 15 is 0 Å². The van der Waals surface area contributed by atoms with Crippen molar-refractivity contribution in [1.82, 2.24) is 15.1 Å². The second-order valence-electron chi connectivity index (χ2n) is 13.7. The Kier molecular flexibility index (Phi) is 10.00. The lowest BCUT2D eigenvalue weighted by molar-refractivity contribution is -0.133. The molecule has 1 N–H and O–H groups in total. The van der Waals surface area contributed by atoms with Gasteiger partial charge in [-0.05, 0) is 98.4 Å². The largest absolute Gasteiger partial charge is 0.353 e. The number of hydrogen-bond acceptors (Lipinski definition) is 4. The molecule has 2 bridgehead atoms. The molecular formula is C38H47ClN4O3. The number of rotatable bonds is 9. The lowest BCUT2D eigenvalue weighted by Gasteiger charge is -2.40. The predicted octanol–water partition coefficient (Wildman–Crippen LogP) is 6.45. The van der Waals surface area contributed by atoms with Crippen molar-refractivity contribution in [3.05, 3.63) is 76.3 Å². The molecule has 244 valence electrons. The molecule has 8 heteroatoms. The van der Waals surface area contributed by atoms with Gasteiger partial charge in [0.05, 0.1) is 6.42 Å². The zero-order valence-electron chi connectivity index (χ0n) is 27.4. The van der Waals surface area contributed by atoms with Crippen molar-refractivity contribution in [2.45, 2.75) is 90.3 Å². The van der Waals surface area contributed by atoms with Crippen molar-refractivity contribution in [2.24, 2.45) is 5.92 Å². The summed E-state index contributed by atoms with van der Waals surface area (Å²) in [6.45, 7) is 8.50. The summed E-state index contributed by atoms with van der Waals surface area (Å²) >= 11 is 6.51. The molecule has 7 nitrogen and oxygen atoms in total. The molecule has 3 saturated heterocycles. The fraction of sp³-hybridized carbons (Fsp3) is 0.500. The summed E-state index contributed by atoms with van der Waals surface area (Å²) < 4.78 is 0. The second kappa shape index (κ2) is 14.1. The minimum atomic E-state index is -0.0934. The monoisotopic (exact) mass is 642 g/mol. The maximum Gasteiger partial charge on any atom is 0.230 e. The van der Waals surface area contributed by atoms with Crippen LogP contribution in [-0.2, 0) is 20.8 Å². The van der Waals surface area contributed by atoms with Gasteiger partial charge in [-0.2, -0.15) is 0 Å². The first-order chi connectivity index (χ1) is 22.2. The van der Waals surface area contributed by atoms with Crippen LogP contribution in [0.2, 0.25) is 5.02 Å².